The summed E-state index contributed by atoms with van der Waals surface area (Å²) in [5.74, 6) is -0.264. The Morgan fingerprint density at radius 1 is 1.21 bits per heavy atom. The molecule has 3 N–H and O–H groups in total. The largest absolute Gasteiger partial charge is 0.480 e. The van der Waals surface area contributed by atoms with Crippen molar-refractivity contribution in [3.63, 3.8) is 0 Å². The number of nitrogens with one attached hydrogen (secondary N) is 2. The highest BCUT2D eigenvalue weighted by atomic mass is 16.5. The lowest BCUT2D eigenvalue weighted by Crippen LogP contribution is -2.48. The molecule has 4 rings (SSSR count). The highest BCUT2D eigenvalue weighted by Gasteiger charge is 2.32. The number of anilines is 1. The topological polar surface area (TPSA) is 115 Å². The number of hydrogen-bond acceptors (Lipinski definition) is 6. The molecule has 1 aliphatic rings. The SMILES string of the molecule is Cc1noc(C)c1CN1CCN([C@@H](C(=O)O)c2c[nH]c3ccc(NC(=O)C(C)C)cc23)CC1. The predicted molar refractivity (Wildman–Crippen MR) is 125 cm³/mol. The number of piperazine rings is 1. The Bertz CT molecular complexity index is 1140. The summed E-state index contributed by atoms with van der Waals surface area (Å²) in [6.45, 7) is 11.1. The molecule has 1 fully saturated rings. The van der Waals surface area contributed by atoms with Gasteiger partial charge in [-0.05, 0) is 32.0 Å². The molecule has 1 aromatic carbocycles. The third-order valence-corrected chi connectivity index (χ3v) is 6.37. The number of rotatable bonds is 7. The fourth-order valence-corrected chi connectivity index (χ4v) is 4.35. The zero-order valence-electron chi connectivity index (χ0n) is 19.5. The molecule has 0 spiro atoms. The molecular weight excluding hydrogens is 422 g/mol. The van der Waals surface area contributed by atoms with E-state index in [9.17, 15) is 14.7 Å². The molecule has 3 aromatic rings. The van der Waals surface area contributed by atoms with Crippen LogP contribution in [0, 0.1) is 19.8 Å². The molecule has 0 unspecified atom stereocenters. The van der Waals surface area contributed by atoms with Crippen molar-refractivity contribution in [3.05, 3.63) is 47.0 Å². The highest BCUT2D eigenvalue weighted by Crippen LogP contribution is 2.31. The van der Waals surface area contributed by atoms with Crippen LogP contribution in [-0.2, 0) is 16.1 Å². The van der Waals surface area contributed by atoms with Gasteiger partial charge in [0.1, 0.15) is 11.8 Å². The number of carbonyl (C=O) groups is 2. The number of aliphatic carboxylic acids is 1. The van der Waals surface area contributed by atoms with Crippen LogP contribution in [0.1, 0.15) is 42.5 Å². The summed E-state index contributed by atoms with van der Waals surface area (Å²) in [6, 6.07) is 4.78. The average molecular weight is 454 g/mol. The molecule has 176 valence electrons. The minimum Gasteiger partial charge on any atom is -0.480 e. The molecule has 0 aliphatic carbocycles. The quantitative estimate of drug-likeness (QED) is 0.503. The summed E-state index contributed by atoms with van der Waals surface area (Å²) in [5, 5.41) is 17.9. The molecule has 3 heterocycles. The summed E-state index contributed by atoms with van der Waals surface area (Å²) in [5.41, 5.74) is 4.21. The normalized spacial score (nSPS) is 16.4. The van der Waals surface area contributed by atoms with Crippen LogP contribution in [0.3, 0.4) is 0 Å². The van der Waals surface area contributed by atoms with Crippen molar-refractivity contribution < 1.29 is 19.2 Å². The first-order chi connectivity index (χ1) is 15.7. The summed E-state index contributed by atoms with van der Waals surface area (Å²) in [7, 11) is 0. The second-order valence-electron chi connectivity index (χ2n) is 9.00. The zero-order valence-corrected chi connectivity index (χ0v) is 19.5. The predicted octanol–water partition coefficient (Wildman–Crippen LogP) is 3.31. The van der Waals surface area contributed by atoms with Gasteiger partial charge in [-0.3, -0.25) is 19.4 Å². The molecule has 1 saturated heterocycles. The molecule has 0 radical (unpaired) electrons. The first-order valence-electron chi connectivity index (χ1n) is 11.3. The number of fused-ring (bicyclic) bond motifs is 1. The van der Waals surface area contributed by atoms with Gasteiger partial charge in [0.2, 0.25) is 5.91 Å². The molecule has 1 atom stereocenters. The minimum atomic E-state index is -0.883. The second kappa shape index (κ2) is 9.36. The number of carbonyl (C=O) groups excluding carboxylic acids is 1. The number of carboxylic acid groups (broad SMARTS) is 1. The molecule has 1 amide bonds. The van der Waals surface area contributed by atoms with Crippen LogP contribution in [0.4, 0.5) is 5.69 Å². The first-order valence-corrected chi connectivity index (χ1v) is 11.3. The van der Waals surface area contributed by atoms with Crippen LogP contribution in [0.25, 0.3) is 10.9 Å². The van der Waals surface area contributed by atoms with E-state index in [-0.39, 0.29) is 11.8 Å². The Balaban J connectivity index is 1.52. The van der Waals surface area contributed by atoms with Crippen LogP contribution < -0.4 is 5.32 Å². The van der Waals surface area contributed by atoms with Gasteiger partial charge in [0, 0.05) is 72.6 Å². The average Bonchev–Trinajstić information content (AvgIpc) is 3.33. The van der Waals surface area contributed by atoms with Gasteiger partial charge < -0.3 is 19.9 Å². The van der Waals surface area contributed by atoms with Crippen molar-refractivity contribution in [1.82, 2.24) is 19.9 Å². The molecule has 0 saturated carbocycles. The number of hydrogen-bond donors (Lipinski definition) is 3. The van der Waals surface area contributed by atoms with Crippen LogP contribution >= 0.6 is 0 Å². The van der Waals surface area contributed by atoms with E-state index in [2.05, 4.69) is 20.4 Å². The van der Waals surface area contributed by atoms with E-state index in [4.69, 9.17) is 4.52 Å². The number of carboxylic acids is 1. The summed E-state index contributed by atoms with van der Waals surface area (Å²) < 4.78 is 5.27. The van der Waals surface area contributed by atoms with Crippen molar-refractivity contribution in [2.75, 3.05) is 31.5 Å². The van der Waals surface area contributed by atoms with Gasteiger partial charge in [0.05, 0.1) is 5.69 Å². The molecule has 33 heavy (non-hydrogen) atoms. The van der Waals surface area contributed by atoms with Crippen molar-refractivity contribution >= 4 is 28.5 Å². The summed E-state index contributed by atoms with van der Waals surface area (Å²) in [6.07, 6.45) is 1.77. The van der Waals surface area contributed by atoms with Crippen LogP contribution in [-0.4, -0.2) is 63.1 Å². The lowest BCUT2D eigenvalue weighted by molar-refractivity contribution is -0.144. The van der Waals surface area contributed by atoms with Gasteiger partial charge in [-0.15, -0.1) is 0 Å². The van der Waals surface area contributed by atoms with Gasteiger partial charge in [-0.2, -0.15) is 0 Å². The van der Waals surface area contributed by atoms with E-state index in [1.165, 1.54) is 0 Å². The Labute approximate surface area is 192 Å². The smallest absolute Gasteiger partial charge is 0.325 e. The van der Waals surface area contributed by atoms with Crippen molar-refractivity contribution in [3.8, 4) is 0 Å². The number of benzene rings is 1. The molecular formula is C24H31N5O4. The third-order valence-electron chi connectivity index (χ3n) is 6.37. The standard InChI is InChI=1S/C24H31N5O4/c1-14(2)23(30)26-17-5-6-21-18(11-17)19(12-25-21)22(24(31)32)29-9-7-28(8-10-29)13-20-15(3)27-33-16(20)4/h5-6,11-12,14,22,25H,7-10,13H2,1-4H3,(H,26,30)(H,31,32)/t22-/m1/s1. The molecule has 2 aromatic heterocycles. The van der Waals surface area contributed by atoms with Gasteiger partial charge >= 0.3 is 5.97 Å². The van der Waals surface area contributed by atoms with Crippen molar-refractivity contribution in [2.45, 2.75) is 40.3 Å². The van der Waals surface area contributed by atoms with Gasteiger partial charge in [-0.1, -0.05) is 19.0 Å². The molecule has 1 aliphatic heterocycles. The molecule has 9 nitrogen and oxygen atoms in total. The lowest BCUT2D eigenvalue weighted by atomic mass is 10.0. The summed E-state index contributed by atoms with van der Waals surface area (Å²) in [4.78, 5) is 32.0. The summed E-state index contributed by atoms with van der Waals surface area (Å²) >= 11 is 0. The van der Waals surface area contributed by atoms with Gasteiger partial charge in [-0.25, -0.2) is 0 Å². The van der Waals surface area contributed by atoms with Crippen molar-refractivity contribution in [2.24, 2.45) is 5.92 Å². The maximum Gasteiger partial charge on any atom is 0.325 e. The monoisotopic (exact) mass is 453 g/mol. The van der Waals surface area contributed by atoms with Crippen LogP contribution in [0.15, 0.2) is 28.9 Å². The Hall–Kier alpha value is -3.17. The third kappa shape index (κ3) is 4.79. The highest BCUT2D eigenvalue weighted by molar-refractivity contribution is 5.96. The van der Waals surface area contributed by atoms with Gasteiger partial charge in [0.25, 0.3) is 0 Å². The lowest BCUT2D eigenvalue weighted by Gasteiger charge is -2.37. The number of amides is 1. The molecule has 0 bridgehead atoms. The van der Waals surface area contributed by atoms with E-state index in [0.29, 0.717) is 24.3 Å². The fraction of sp³-hybridized carbons (Fsp3) is 0.458. The van der Waals surface area contributed by atoms with Crippen molar-refractivity contribution in [1.29, 1.82) is 0 Å². The van der Waals surface area contributed by atoms with Gasteiger partial charge in [0.15, 0.2) is 0 Å². The Morgan fingerprint density at radius 3 is 2.55 bits per heavy atom. The maximum atomic E-state index is 12.4. The number of aromatic amines is 1. The number of aromatic nitrogens is 2. The number of H-pyrrole nitrogens is 1. The minimum absolute atomic E-state index is 0.0735. The number of aryl methyl sites for hydroxylation is 2. The second-order valence-corrected chi connectivity index (χ2v) is 9.00. The van der Waals surface area contributed by atoms with E-state index in [1.54, 1.807) is 6.20 Å². The Morgan fingerprint density at radius 2 is 1.94 bits per heavy atom. The van der Waals surface area contributed by atoms with E-state index in [0.717, 1.165) is 47.6 Å². The Kier molecular flexibility index (Phi) is 6.53. The van der Waals surface area contributed by atoms with Crippen LogP contribution in [0.2, 0.25) is 0 Å². The van der Waals surface area contributed by atoms with Crippen LogP contribution in [0.5, 0.6) is 0 Å². The first kappa shape index (κ1) is 23.0. The number of nitrogens with zero attached hydrogens (tertiary/aromatic N) is 3. The van der Waals surface area contributed by atoms with E-state index >= 15 is 0 Å². The van der Waals surface area contributed by atoms with E-state index < -0.39 is 12.0 Å². The maximum absolute atomic E-state index is 12.4. The molecule has 9 heteroatoms. The fourth-order valence-electron chi connectivity index (χ4n) is 4.35. The zero-order chi connectivity index (χ0) is 23.7. The van der Waals surface area contributed by atoms with E-state index in [1.807, 2.05) is 50.8 Å².